The number of anilines is 1. The van der Waals surface area contributed by atoms with E-state index in [4.69, 9.17) is 7.85 Å². The monoisotopic (exact) mass is 173 g/mol. The second-order valence-corrected chi connectivity index (χ2v) is 3.07. The highest BCUT2D eigenvalue weighted by atomic mass is 16.1. The van der Waals surface area contributed by atoms with Gasteiger partial charge >= 0.3 is 0 Å². The van der Waals surface area contributed by atoms with E-state index in [0.717, 1.165) is 5.69 Å². The van der Waals surface area contributed by atoms with Crippen LogP contribution in [-0.2, 0) is 0 Å². The van der Waals surface area contributed by atoms with Crippen LogP contribution in [0.3, 0.4) is 0 Å². The number of carbonyl (C=O) groups is 1. The fourth-order valence-corrected chi connectivity index (χ4v) is 1.06. The first kappa shape index (κ1) is 9.84. The van der Waals surface area contributed by atoms with E-state index in [1.165, 1.54) is 0 Å². The lowest BCUT2D eigenvalue weighted by Crippen LogP contribution is -2.08. The van der Waals surface area contributed by atoms with Crippen molar-refractivity contribution in [2.75, 3.05) is 19.0 Å². The number of nitrogens with zero attached hydrogens (tertiary/aromatic N) is 1. The van der Waals surface area contributed by atoms with Gasteiger partial charge in [-0.2, -0.15) is 0 Å². The third-order valence-corrected chi connectivity index (χ3v) is 1.89. The van der Waals surface area contributed by atoms with Crippen LogP contribution in [0, 0.1) is 0 Å². The molecule has 1 aromatic carbocycles. The van der Waals surface area contributed by atoms with E-state index in [1.54, 1.807) is 12.1 Å². The van der Waals surface area contributed by atoms with Crippen molar-refractivity contribution in [2.45, 2.75) is 6.32 Å². The topological polar surface area (TPSA) is 20.3 Å². The predicted molar refractivity (Wildman–Crippen MR) is 55.7 cm³/mol. The zero-order valence-corrected chi connectivity index (χ0v) is 7.95. The predicted octanol–water partition coefficient (Wildman–Crippen LogP) is 1.52. The van der Waals surface area contributed by atoms with Crippen molar-refractivity contribution >= 4 is 19.3 Å². The van der Waals surface area contributed by atoms with Gasteiger partial charge in [0.1, 0.15) is 0 Å². The molecule has 66 valence electrons. The summed E-state index contributed by atoms with van der Waals surface area (Å²) < 4.78 is 0. The lowest BCUT2D eigenvalue weighted by Gasteiger charge is -2.12. The van der Waals surface area contributed by atoms with Crippen LogP contribution in [0.2, 0.25) is 6.32 Å². The standard InChI is InChI=1S/C10H12BNO/c1-12(2)9-5-3-8(4-6-9)10(13)7-11/h3-6H,7H2,1-2H3. The van der Waals surface area contributed by atoms with Crippen molar-refractivity contribution in [3.63, 3.8) is 0 Å². The minimum atomic E-state index is -0.0229. The van der Waals surface area contributed by atoms with Gasteiger partial charge in [0, 0.05) is 25.3 Å². The number of hydrogen-bond acceptors (Lipinski definition) is 2. The summed E-state index contributed by atoms with van der Waals surface area (Å²) >= 11 is 0. The molecule has 0 fully saturated rings. The average molecular weight is 173 g/mol. The number of ketones is 1. The van der Waals surface area contributed by atoms with Crippen molar-refractivity contribution in [3.8, 4) is 0 Å². The smallest absolute Gasteiger partial charge is 0.154 e. The Morgan fingerprint density at radius 3 is 2.23 bits per heavy atom. The second kappa shape index (κ2) is 4.12. The Hall–Kier alpha value is -1.25. The van der Waals surface area contributed by atoms with Gasteiger partial charge in [0.15, 0.2) is 5.78 Å². The van der Waals surface area contributed by atoms with Gasteiger partial charge < -0.3 is 4.90 Å². The number of hydrogen-bond donors (Lipinski definition) is 0. The molecule has 2 radical (unpaired) electrons. The SMILES string of the molecule is [B]CC(=O)c1ccc(N(C)C)cc1. The molecule has 0 spiro atoms. The largest absolute Gasteiger partial charge is 0.378 e. The van der Waals surface area contributed by atoms with Crippen LogP contribution in [0.15, 0.2) is 24.3 Å². The minimum absolute atomic E-state index is 0.0229. The molecule has 0 amide bonds. The molecule has 0 bridgehead atoms. The number of rotatable bonds is 3. The summed E-state index contributed by atoms with van der Waals surface area (Å²) in [4.78, 5) is 13.1. The van der Waals surface area contributed by atoms with Gasteiger partial charge in [-0.3, -0.25) is 4.79 Å². The van der Waals surface area contributed by atoms with Crippen LogP contribution in [-0.4, -0.2) is 27.7 Å². The molecule has 0 saturated carbocycles. The molecule has 0 unspecified atom stereocenters. The first-order chi connectivity index (χ1) is 6.15. The summed E-state index contributed by atoms with van der Waals surface area (Å²) in [7, 11) is 9.16. The van der Waals surface area contributed by atoms with E-state index in [2.05, 4.69) is 0 Å². The first-order valence-electron chi connectivity index (χ1n) is 4.16. The van der Waals surface area contributed by atoms with Crippen molar-refractivity contribution in [2.24, 2.45) is 0 Å². The minimum Gasteiger partial charge on any atom is -0.378 e. The first-order valence-corrected chi connectivity index (χ1v) is 4.16. The Morgan fingerprint density at radius 1 is 1.31 bits per heavy atom. The van der Waals surface area contributed by atoms with E-state index < -0.39 is 0 Å². The van der Waals surface area contributed by atoms with Gasteiger partial charge in [-0.15, -0.1) is 0 Å². The molecular weight excluding hydrogens is 161 g/mol. The Morgan fingerprint density at radius 2 is 1.85 bits per heavy atom. The summed E-state index contributed by atoms with van der Waals surface area (Å²) in [6.45, 7) is 0. The summed E-state index contributed by atoms with van der Waals surface area (Å²) in [6, 6.07) is 7.40. The molecule has 1 aromatic rings. The highest BCUT2D eigenvalue weighted by Crippen LogP contribution is 2.12. The summed E-state index contributed by atoms with van der Waals surface area (Å²) in [5, 5.41) is 0. The number of carbonyl (C=O) groups excluding carboxylic acids is 1. The van der Waals surface area contributed by atoms with Gasteiger partial charge in [0.05, 0.1) is 7.85 Å². The summed E-state index contributed by atoms with van der Waals surface area (Å²) in [5.74, 6) is -0.0229. The molecule has 0 saturated heterocycles. The van der Waals surface area contributed by atoms with Gasteiger partial charge in [-0.05, 0) is 30.6 Å². The highest BCUT2D eigenvalue weighted by molar-refractivity contribution is 6.24. The second-order valence-electron chi connectivity index (χ2n) is 3.07. The van der Waals surface area contributed by atoms with Crippen molar-refractivity contribution in [3.05, 3.63) is 29.8 Å². The number of benzene rings is 1. The molecule has 0 heterocycles. The molecule has 0 aliphatic carbocycles. The average Bonchev–Trinajstić information content (AvgIpc) is 2.17. The molecule has 13 heavy (non-hydrogen) atoms. The van der Waals surface area contributed by atoms with Gasteiger partial charge in [-0.1, -0.05) is 0 Å². The van der Waals surface area contributed by atoms with Crippen LogP contribution in [0.4, 0.5) is 5.69 Å². The molecule has 0 aliphatic heterocycles. The molecule has 1 rings (SSSR count). The zero-order chi connectivity index (χ0) is 9.84. The summed E-state index contributed by atoms with van der Waals surface area (Å²) in [5.41, 5.74) is 1.75. The lowest BCUT2D eigenvalue weighted by molar-refractivity contribution is 0.101. The van der Waals surface area contributed by atoms with E-state index in [0.29, 0.717) is 5.56 Å². The van der Waals surface area contributed by atoms with Crippen molar-refractivity contribution in [1.29, 1.82) is 0 Å². The van der Waals surface area contributed by atoms with Crippen LogP contribution in [0.1, 0.15) is 10.4 Å². The van der Waals surface area contributed by atoms with Gasteiger partial charge in [0.2, 0.25) is 0 Å². The molecule has 0 aromatic heterocycles. The van der Waals surface area contributed by atoms with E-state index in [-0.39, 0.29) is 12.1 Å². The zero-order valence-electron chi connectivity index (χ0n) is 7.95. The van der Waals surface area contributed by atoms with Crippen LogP contribution in [0.5, 0.6) is 0 Å². The fraction of sp³-hybridized carbons (Fsp3) is 0.300. The van der Waals surface area contributed by atoms with E-state index in [9.17, 15) is 4.79 Å². The highest BCUT2D eigenvalue weighted by Gasteiger charge is 2.02. The normalized spacial score (nSPS) is 9.69. The van der Waals surface area contributed by atoms with Gasteiger partial charge in [-0.25, -0.2) is 0 Å². The third kappa shape index (κ3) is 2.34. The maximum atomic E-state index is 11.2. The maximum Gasteiger partial charge on any atom is 0.154 e. The van der Waals surface area contributed by atoms with E-state index in [1.807, 2.05) is 31.1 Å². The Labute approximate surface area is 80.0 Å². The molecule has 0 N–H and O–H groups in total. The number of Topliss-reactive ketones (excluding diaryl/α,β-unsaturated/α-hetero) is 1. The quantitative estimate of drug-likeness (QED) is 0.510. The summed E-state index contributed by atoms with van der Waals surface area (Å²) in [6.07, 6.45) is 0.0707. The molecule has 0 atom stereocenters. The molecular formula is C10H12BNO. The third-order valence-electron chi connectivity index (χ3n) is 1.89. The van der Waals surface area contributed by atoms with E-state index >= 15 is 0 Å². The van der Waals surface area contributed by atoms with Crippen LogP contribution < -0.4 is 4.90 Å². The van der Waals surface area contributed by atoms with Crippen LogP contribution in [0.25, 0.3) is 0 Å². The Balaban J connectivity index is 2.87. The fourth-order valence-electron chi connectivity index (χ4n) is 1.06. The van der Waals surface area contributed by atoms with Gasteiger partial charge in [0.25, 0.3) is 0 Å². The van der Waals surface area contributed by atoms with Crippen LogP contribution >= 0.6 is 0 Å². The van der Waals surface area contributed by atoms with Crippen molar-refractivity contribution < 1.29 is 4.79 Å². The van der Waals surface area contributed by atoms with Crippen molar-refractivity contribution in [1.82, 2.24) is 0 Å². The Kier molecular flexibility index (Phi) is 3.12. The maximum absolute atomic E-state index is 11.2. The lowest BCUT2D eigenvalue weighted by atomic mass is 9.96. The molecule has 3 heteroatoms. The molecule has 0 aliphatic rings. The Bertz CT molecular complexity index is 292. The molecule has 2 nitrogen and oxygen atoms in total.